The minimum Gasteiger partial charge on any atom is -0.497 e. The Labute approximate surface area is 133 Å². The van der Waals surface area contributed by atoms with Crippen molar-refractivity contribution < 1.29 is 23.5 Å². The zero-order valence-electron chi connectivity index (χ0n) is 14.3. The summed E-state index contributed by atoms with van der Waals surface area (Å²) in [4.78, 5) is 0. The minimum atomic E-state index is -0.479. The Balaban J connectivity index is 2.26. The van der Waals surface area contributed by atoms with Crippen LogP contribution >= 0.6 is 0 Å². The second kappa shape index (κ2) is 6.48. The van der Waals surface area contributed by atoms with E-state index >= 15 is 0 Å². The van der Waals surface area contributed by atoms with Gasteiger partial charge in [0.05, 0.1) is 18.3 Å². The third-order valence-electron chi connectivity index (χ3n) is 4.23. The number of methoxy groups -OCH3 is 1. The molecule has 0 N–H and O–H groups in total. The van der Waals surface area contributed by atoms with Crippen LogP contribution in [-0.2, 0) is 14.0 Å². The maximum Gasteiger partial charge on any atom is 0.498 e. The molecule has 1 fully saturated rings. The predicted molar refractivity (Wildman–Crippen MR) is 85.8 cm³/mol. The van der Waals surface area contributed by atoms with E-state index in [1.807, 2.05) is 52.8 Å². The van der Waals surface area contributed by atoms with Crippen molar-refractivity contribution in [3.63, 3.8) is 0 Å². The zero-order valence-corrected chi connectivity index (χ0v) is 14.3. The molecule has 22 heavy (non-hydrogen) atoms. The highest BCUT2D eigenvalue weighted by molar-refractivity contribution is 6.63. The maximum atomic E-state index is 6.09. The molecule has 0 aromatic heterocycles. The van der Waals surface area contributed by atoms with Crippen molar-refractivity contribution in [2.45, 2.75) is 45.8 Å². The average Bonchev–Trinajstić information content (AvgIpc) is 2.67. The molecule has 0 unspecified atom stereocenters. The minimum absolute atomic E-state index is 0.177. The van der Waals surface area contributed by atoms with Gasteiger partial charge in [0.1, 0.15) is 11.5 Å². The van der Waals surface area contributed by atoms with Gasteiger partial charge >= 0.3 is 7.12 Å². The van der Waals surface area contributed by atoms with Crippen molar-refractivity contribution in [2.24, 2.45) is 0 Å². The van der Waals surface area contributed by atoms with Crippen molar-refractivity contribution in [3.8, 4) is 11.5 Å². The second-order valence-corrected chi connectivity index (χ2v) is 6.25. The summed E-state index contributed by atoms with van der Waals surface area (Å²) in [6, 6.07) is 5.59. The molecule has 1 aromatic rings. The fourth-order valence-corrected chi connectivity index (χ4v) is 2.12. The summed E-state index contributed by atoms with van der Waals surface area (Å²) >= 11 is 0. The predicted octanol–water partition coefficient (Wildman–Crippen LogP) is 2.37. The highest BCUT2D eigenvalue weighted by Gasteiger charge is 2.52. The highest BCUT2D eigenvalue weighted by Crippen LogP contribution is 2.37. The van der Waals surface area contributed by atoms with E-state index < -0.39 is 18.3 Å². The Morgan fingerprint density at radius 1 is 1.09 bits per heavy atom. The third-order valence-corrected chi connectivity index (χ3v) is 4.23. The first-order chi connectivity index (χ1) is 10.3. The van der Waals surface area contributed by atoms with Gasteiger partial charge in [-0.15, -0.1) is 0 Å². The fourth-order valence-electron chi connectivity index (χ4n) is 2.12. The lowest BCUT2D eigenvalue weighted by atomic mass is 9.78. The molecule has 0 radical (unpaired) electrons. The highest BCUT2D eigenvalue weighted by atomic mass is 16.7. The summed E-state index contributed by atoms with van der Waals surface area (Å²) in [5, 5.41) is 0. The summed E-state index contributed by atoms with van der Waals surface area (Å²) < 4.78 is 28.4. The van der Waals surface area contributed by atoms with Crippen LogP contribution in [0, 0.1) is 0 Å². The zero-order chi connectivity index (χ0) is 16.4. The van der Waals surface area contributed by atoms with Crippen LogP contribution < -0.4 is 14.9 Å². The van der Waals surface area contributed by atoms with Gasteiger partial charge in [-0.3, -0.25) is 0 Å². The number of hydrogen-bond donors (Lipinski definition) is 0. The van der Waals surface area contributed by atoms with E-state index in [0.29, 0.717) is 18.1 Å². The van der Waals surface area contributed by atoms with Crippen LogP contribution in [0.25, 0.3) is 0 Å². The quantitative estimate of drug-likeness (QED) is 0.459. The van der Waals surface area contributed by atoms with Crippen molar-refractivity contribution in [3.05, 3.63) is 18.2 Å². The van der Waals surface area contributed by atoms with Gasteiger partial charge < -0.3 is 23.5 Å². The summed E-state index contributed by atoms with van der Waals surface area (Å²) in [7, 11) is 1.14. The summed E-state index contributed by atoms with van der Waals surface area (Å²) in [6.07, 6.45) is 0. The Hall–Kier alpha value is -1.24. The first-order valence-electron chi connectivity index (χ1n) is 7.55. The molecule has 1 heterocycles. The molecule has 0 bridgehead atoms. The monoisotopic (exact) mass is 308 g/mol. The lowest BCUT2D eigenvalue weighted by molar-refractivity contribution is 0.00578. The number of rotatable bonds is 6. The van der Waals surface area contributed by atoms with E-state index in [4.69, 9.17) is 23.5 Å². The molecule has 5 nitrogen and oxygen atoms in total. The normalized spacial score (nSPS) is 19.3. The number of benzene rings is 1. The van der Waals surface area contributed by atoms with Crippen molar-refractivity contribution in [2.75, 3.05) is 20.5 Å². The number of ether oxygens (including phenoxy) is 3. The molecule has 1 aliphatic rings. The molecule has 0 spiro atoms. The molecule has 0 amide bonds. The van der Waals surface area contributed by atoms with Gasteiger partial charge in [-0.1, -0.05) is 6.07 Å². The molecule has 1 saturated heterocycles. The lowest BCUT2D eigenvalue weighted by Crippen LogP contribution is -2.41. The summed E-state index contributed by atoms with van der Waals surface area (Å²) in [5.74, 6) is 1.36. The Morgan fingerprint density at radius 3 is 2.27 bits per heavy atom. The Kier molecular flexibility index (Phi) is 5.05. The fraction of sp³-hybridized carbons (Fsp3) is 0.625. The third kappa shape index (κ3) is 3.40. The topological polar surface area (TPSA) is 46.2 Å². The van der Waals surface area contributed by atoms with Gasteiger partial charge in [-0.2, -0.15) is 0 Å². The van der Waals surface area contributed by atoms with Gasteiger partial charge in [0.25, 0.3) is 0 Å². The van der Waals surface area contributed by atoms with Crippen molar-refractivity contribution in [1.82, 2.24) is 0 Å². The standard InChI is InChI=1S/C16H25BO5/c1-7-19-11-20-14-10-12(18-6)8-9-13(14)17-21-15(2,3)16(4,5)22-17/h8-10H,7,11H2,1-6H3. The smallest absolute Gasteiger partial charge is 0.497 e. The van der Waals surface area contributed by atoms with Crippen LogP contribution in [0.2, 0.25) is 0 Å². The van der Waals surface area contributed by atoms with E-state index in [1.54, 1.807) is 7.11 Å². The Bertz CT molecular complexity index is 499. The van der Waals surface area contributed by atoms with Gasteiger partial charge in [-0.05, 0) is 40.7 Å². The molecular weight excluding hydrogens is 283 g/mol. The maximum absolute atomic E-state index is 6.09. The van der Waals surface area contributed by atoms with Crippen LogP contribution in [0.1, 0.15) is 34.6 Å². The first-order valence-corrected chi connectivity index (χ1v) is 7.55. The van der Waals surface area contributed by atoms with Gasteiger partial charge in [0.15, 0.2) is 6.79 Å². The molecule has 0 saturated carbocycles. The van der Waals surface area contributed by atoms with Crippen molar-refractivity contribution >= 4 is 12.6 Å². The van der Waals surface area contributed by atoms with Gasteiger partial charge in [-0.25, -0.2) is 0 Å². The molecule has 122 valence electrons. The SMILES string of the molecule is CCOCOc1cc(OC)ccc1B1OC(C)(C)C(C)(C)O1. The van der Waals surface area contributed by atoms with Crippen LogP contribution in [-0.4, -0.2) is 38.8 Å². The van der Waals surface area contributed by atoms with E-state index in [9.17, 15) is 0 Å². The summed E-state index contributed by atoms with van der Waals surface area (Å²) in [5.41, 5.74) is 0.0444. The molecule has 2 rings (SSSR count). The van der Waals surface area contributed by atoms with E-state index in [-0.39, 0.29) is 6.79 Å². The van der Waals surface area contributed by atoms with Gasteiger partial charge in [0.2, 0.25) is 0 Å². The largest absolute Gasteiger partial charge is 0.498 e. The lowest BCUT2D eigenvalue weighted by Gasteiger charge is -2.32. The molecular formula is C16H25BO5. The van der Waals surface area contributed by atoms with Crippen LogP contribution in [0.4, 0.5) is 0 Å². The second-order valence-electron chi connectivity index (χ2n) is 6.25. The van der Waals surface area contributed by atoms with Crippen molar-refractivity contribution in [1.29, 1.82) is 0 Å². The summed E-state index contributed by atoms with van der Waals surface area (Å²) in [6.45, 7) is 10.8. The molecule has 1 aliphatic heterocycles. The molecule has 0 aliphatic carbocycles. The molecule has 6 heteroatoms. The van der Waals surface area contributed by atoms with E-state index in [2.05, 4.69) is 0 Å². The van der Waals surface area contributed by atoms with E-state index in [0.717, 1.165) is 5.46 Å². The average molecular weight is 308 g/mol. The van der Waals surface area contributed by atoms with E-state index in [1.165, 1.54) is 0 Å². The van der Waals surface area contributed by atoms with Crippen LogP contribution in [0.5, 0.6) is 11.5 Å². The number of hydrogen-bond acceptors (Lipinski definition) is 5. The Morgan fingerprint density at radius 2 is 1.73 bits per heavy atom. The molecule has 0 atom stereocenters. The molecule has 1 aromatic carbocycles. The van der Waals surface area contributed by atoms with Gasteiger partial charge in [0, 0.05) is 18.1 Å². The van der Waals surface area contributed by atoms with Crippen LogP contribution in [0.15, 0.2) is 18.2 Å². The van der Waals surface area contributed by atoms with Crippen LogP contribution in [0.3, 0.4) is 0 Å². The first kappa shape index (κ1) is 17.1.